The number of hydrogen-bond acceptors (Lipinski definition) is 3. The van der Waals surface area contributed by atoms with Crippen LogP contribution in [0.5, 0.6) is 0 Å². The fourth-order valence-corrected chi connectivity index (χ4v) is 1.96. The van der Waals surface area contributed by atoms with Gasteiger partial charge in [0.25, 0.3) is 0 Å². The quantitative estimate of drug-likeness (QED) is 0.887. The van der Waals surface area contributed by atoms with Gasteiger partial charge in [-0.2, -0.15) is 5.26 Å². The third-order valence-corrected chi connectivity index (χ3v) is 3.43. The van der Waals surface area contributed by atoms with Crippen LogP contribution in [0.25, 0.3) is 0 Å². The zero-order valence-corrected chi connectivity index (χ0v) is 11.8. The number of rotatable bonds is 3. The average molecular weight is 305 g/mol. The van der Waals surface area contributed by atoms with Crippen LogP contribution in [-0.2, 0) is 13.6 Å². The largest absolute Gasteiger partial charge is 0.380 e. The standard InChI is InChI=1S/C13H13BrN4/c1-9-10(5-12(6-15)18(9)2)7-16-11-3-4-13(14)17-8-11/h3-5,8,16H,7H2,1-2H3. The van der Waals surface area contributed by atoms with Crippen molar-refractivity contribution in [3.05, 3.63) is 46.0 Å². The van der Waals surface area contributed by atoms with Crippen molar-refractivity contribution in [2.75, 3.05) is 5.32 Å². The SMILES string of the molecule is Cc1c(CNc2ccc(Br)nc2)cc(C#N)n1C. The van der Waals surface area contributed by atoms with Gasteiger partial charge in [0.15, 0.2) is 0 Å². The molecule has 2 heterocycles. The lowest BCUT2D eigenvalue weighted by Gasteiger charge is -2.06. The highest BCUT2D eigenvalue weighted by Gasteiger charge is 2.08. The molecule has 0 amide bonds. The Balaban J connectivity index is 2.11. The van der Waals surface area contributed by atoms with Gasteiger partial charge in [0.05, 0.1) is 11.9 Å². The third kappa shape index (κ3) is 2.54. The summed E-state index contributed by atoms with van der Waals surface area (Å²) in [5.74, 6) is 0. The maximum absolute atomic E-state index is 8.97. The molecule has 0 bridgehead atoms. The second kappa shape index (κ2) is 5.23. The predicted molar refractivity (Wildman–Crippen MR) is 74.1 cm³/mol. The summed E-state index contributed by atoms with van der Waals surface area (Å²) in [6, 6.07) is 7.94. The first-order valence-electron chi connectivity index (χ1n) is 5.52. The molecule has 0 unspecified atom stereocenters. The molecule has 2 aromatic heterocycles. The number of nitrogens with one attached hydrogen (secondary N) is 1. The Bertz CT molecular complexity index is 593. The molecule has 0 radical (unpaired) electrons. The normalized spacial score (nSPS) is 10.1. The molecule has 4 nitrogen and oxygen atoms in total. The van der Waals surface area contributed by atoms with Crippen molar-refractivity contribution in [2.24, 2.45) is 7.05 Å². The van der Waals surface area contributed by atoms with E-state index in [0.29, 0.717) is 12.2 Å². The van der Waals surface area contributed by atoms with Gasteiger partial charge in [0.2, 0.25) is 0 Å². The van der Waals surface area contributed by atoms with E-state index >= 15 is 0 Å². The molecule has 18 heavy (non-hydrogen) atoms. The maximum Gasteiger partial charge on any atom is 0.120 e. The van der Waals surface area contributed by atoms with Crippen LogP contribution in [0.3, 0.4) is 0 Å². The summed E-state index contributed by atoms with van der Waals surface area (Å²) in [5, 5.41) is 12.3. The molecular weight excluding hydrogens is 292 g/mol. The van der Waals surface area contributed by atoms with Crippen molar-refractivity contribution < 1.29 is 0 Å². The third-order valence-electron chi connectivity index (χ3n) is 2.97. The van der Waals surface area contributed by atoms with Crippen LogP contribution in [0.2, 0.25) is 0 Å². The molecule has 92 valence electrons. The monoisotopic (exact) mass is 304 g/mol. The highest BCUT2D eigenvalue weighted by Crippen LogP contribution is 2.16. The van der Waals surface area contributed by atoms with Gasteiger partial charge < -0.3 is 9.88 Å². The van der Waals surface area contributed by atoms with Gasteiger partial charge >= 0.3 is 0 Å². The van der Waals surface area contributed by atoms with E-state index in [4.69, 9.17) is 5.26 Å². The lowest BCUT2D eigenvalue weighted by atomic mass is 10.2. The predicted octanol–water partition coefficient (Wildman–Crippen LogP) is 2.97. The number of halogens is 1. The number of anilines is 1. The van der Waals surface area contributed by atoms with E-state index in [1.807, 2.05) is 36.7 Å². The Morgan fingerprint density at radius 2 is 2.28 bits per heavy atom. The minimum atomic E-state index is 0.679. The van der Waals surface area contributed by atoms with Crippen molar-refractivity contribution in [1.29, 1.82) is 5.26 Å². The molecule has 0 aromatic carbocycles. The van der Waals surface area contributed by atoms with Gasteiger partial charge in [-0.05, 0) is 46.6 Å². The lowest BCUT2D eigenvalue weighted by Crippen LogP contribution is -2.01. The molecule has 0 saturated heterocycles. The van der Waals surface area contributed by atoms with Crippen LogP contribution in [0.15, 0.2) is 29.0 Å². The fraction of sp³-hybridized carbons (Fsp3) is 0.231. The van der Waals surface area contributed by atoms with E-state index in [0.717, 1.165) is 21.5 Å². The van der Waals surface area contributed by atoms with Crippen LogP contribution < -0.4 is 5.32 Å². The van der Waals surface area contributed by atoms with Crippen molar-refractivity contribution in [3.8, 4) is 6.07 Å². The molecule has 0 atom stereocenters. The molecule has 2 aromatic rings. The highest BCUT2D eigenvalue weighted by atomic mass is 79.9. The summed E-state index contributed by atoms with van der Waals surface area (Å²) in [6.45, 7) is 2.70. The minimum Gasteiger partial charge on any atom is -0.380 e. The fourth-order valence-electron chi connectivity index (χ4n) is 1.73. The smallest absolute Gasteiger partial charge is 0.120 e. The van der Waals surface area contributed by atoms with Gasteiger partial charge in [0, 0.05) is 19.3 Å². The minimum absolute atomic E-state index is 0.679. The number of nitrogens with zero attached hydrogens (tertiary/aromatic N) is 3. The molecule has 2 rings (SSSR count). The highest BCUT2D eigenvalue weighted by molar-refractivity contribution is 9.10. The van der Waals surface area contributed by atoms with Crippen molar-refractivity contribution in [2.45, 2.75) is 13.5 Å². The van der Waals surface area contributed by atoms with Gasteiger partial charge in [-0.1, -0.05) is 0 Å². The molecule has 0 aliphatic heterocycles. The van der Waals surface area contributed by atoms with Crippen LogP contribution in [-0.4, -0.2) is 9.55 Å². The Hall–Kier alpha value is -1.80. The van der Waals surface area contributed by atoms with Gasteiger partial charge in [-0.25, -0.2) is 4.98 Å². The molecule has 0 spiro atoms. The number of pyridine rings is 1. The van der Waals surface area contributed by atoms with E-state index in [-0.39, 0.29) is 0 Å². The van der Waals surface area contributed by atoms with Crippen LogP contribution >= 0.6 is 15.9 Å². The molecule has 0 aliphatic carbocycles. The maximum atomic E-state index is 8.97. The first-order chi connectivity index (χ1) is 8.61. The average Bonchev–Trinajstić information content (AvgIpc) is 2.65. The molecule has 5 heteroatoms. The van der Waals surface area contributed by atoms with Gasteiger partial charge in [0.1, 0.15) is 16.4 Å². The second-order valence-electron chi connectivity index (χ2n) is 4.03. The molecule has 1 N–H and O–H groups in total. The van der Waals surface area contributed by atoms with Gasteiger partial charge in [-0.3, -0.25) is 0 Å². The summed E-state index contributed by atoms with van der Waals surface area (Å²) in [5.41, 5.74) is 3.86. The van der Waals surface area contributed by atoms with E-state index in [1.54, 1.807) is 6.20 Å². The Morgan fingerprint density at radius 1 is 1.50 bits per heavy atom. The van der Waals surface area contributed by atoms with Crippen LogP contribution in [0.4, 0.5) is 5.69 Å². The molecular formula is C13H13BrN4. The van der Waals surface area contributed by atoms with Crippen LogP contribution in [0.1, 0.15) is 17.0 Å². The number of nitriles is 1. The summed E-state index contributed by atoms with van der Waals surface area (Å²) >= 11 is 3.30. The summed E-state index contributed by atoms with van der Waals surface area (Å²) < 4.78 is 2.72. The first kappa shape index (κ1) is 12.7. The zero-order valence-electron chi connectivity index (χ0n) is 10.2. The Kier molecular flexibility index (Phi) is 3.68. The Labute approximate surface area is 114 Å². The molecule has 0 aliphatic rings. The first-order valence-corrected chi connectivity index (χ1v) is 6.32. The van der Waals surface area contributed by atoms with Crippen molar-refractivity contribution in [3.63, 3.8) is 0 Å². The van der Waals surface area contributed by atoms with E-state index in [9.17, 15) is 0 Å². The summed E-state index contributed by atoms with van der Waals surface area (Å²) in [7, 11) is 1.90. The van der Waals surface area contributed by atoms with Crippen molar-refractivity contribution in [1.82, 2.24) is 9.55 Å². The van der Waals surface area contributed by atoms with E-state index < -0.39 is 0 Å². The summed E-state index contributed by atoms with van der Waals surface area (Å²) in [4.78, 5) is 4.15. The van der Waals surface area contributed by atoms with Gasteiger partial charge in [-0.15, -0.1) is 0 Å². The topological polar surface area (TPSA) is 53.6 Å². The van der Waals surface area contributed by atoms with Crippen LogP contribution in [0, 0.1) is 18.3 Å². The summed E-state index contributed by atoms with van der Waals surface area (Å²) in [6.07, 6.45) is 1.77. The van der Waals surface area contributed by atoms with E-state index in [2.05, 4.69) is 32.3 Å². The Morgan fingerprint density at radius 3 is 2.83 bits per heavy atom. The molecule has 0 fully saturated rings. The number of aromatic nitrogens is 2. The lowest BCUT2D eigenvalue weighted by molar-refractivity contribution is 0.856. The van der Waals surface area contributed by atoms with E-state index in [1.165, 1.54) is 0 Å². The molecule has 0 saturated carbocycles. The van der Waals surface area contributed by atoms with Crippen molar-refractivity contribution >= 4 is 21.6 Å². The number of hydrogen-bond donors (Lipinski definition) is 1. The zero-order chi connectivity index (χ0) is 13.1. The second-order valence-corrected chi connectivity index (χ2v) is 4.85.